The lowest BCUT2D eigenvalue weighted by Crippen LogP contribution is -2.11. The highest BCUT2D eigenvalue weighted by Gasteiger charge is 2.37. The first-order chi connectivity index (χ1) is 15.6. The van der Waals surface area contributed by atoms with Crippen molar-refractivity contribution in [3.63, 3.8) is 0 Å². The third kappa shape index (κ3) is 3.95. The van der Waals surface area contributed by atoms with Crippen LogP contribution in [0.5, 0.6) is 0 Å². The van der Waals surface area contributed by atoms with Gasteiger partial charge in [0.05, 0.1) is 20.9 Å². The van der Waals surface area contributed by atoms with Gasteiger partial charge < -0.3 is 18.9 Å². The number of hydrogen-bond acceptors (Lipinski definition) is 10. The van der Waals surface area contributed by atoms with Crippen LogP contribution in [0.1, 0.15) is 71.1 Å². The second-order valence-corrected chi connectivity index (χ2v) is 9.11. The number of fused-ring (bicyclic) bond motifs is 2. The van der Waals surface area contributed by atoms with E-state index in [-0.39, 0.29) is 44.9 Å². The number of ether oxygens (including phenoxy) is 4. The zero-order valence-electron chi connectivity index (χ0n) is 17.5. The quantitative estimate of drug-likeness (QED) is 0.574. The number of carbonyl (C=O) groups excluding carboxylic acids is 4. The van der Waals surface area contributed by atoms with Crippen molar-refractivity contribution in [2.45, 2.75) is 49.1 Å². The molecule has 2 aliphatic rings. The maximum Gasteiger partial charge on any atom is 0.342 e. The molecule has 172 valence electrons. The highest BCUT2D eigenvalue weighted by Crippen LogP contribution is 2.37. The SMILES string of the molecule is CCC(=O)OC1OC(=O)c2ccc(S(=O)(=O)c3ccc4c(c3)C(OC(=O)CC)OC4=O)cc21. The lowest BCUT2D eigenvalue weighted by Gasteiger charge is -2.13. The number of esters is 4. The Morgan fingerprint density at radius 2 is 1.18 bits per heavy atom. The second-order valence-electron chi connectivity index (χ2n) is 7.16. The largest absolute Gasteiger partial charge is 0.421 e. The van der Waals surface area contributed by atoms with Crippen molar-refractivity contribution in [2.24, 2.45) is 0 Å². The fourth-order valence-electron chi connectivity index (χ4n) is 3.34. The number of rotatable bonds is 6. The predicted molar refractivity (Wildman–Crippen MR) is 107 cm³/mol. The average molecular weight is 474 g/mol. The molecule has 2 atom stereocenters. The molecule has 0 bridgehead atoms. The van der Waals surface area contributed by atoms with Crippen LogP contribution in [0.15, 0.2) is 46.2 Å². The van der Waals surface area contributed by atoms with E-state index in [9.17, 15) is 27.6 Å². The summed E-state index contributed by atoms with van der Waals surface area (Å²) in [5, 5.41) is 0. The summed E-state index contributed by atoms with van der Waals surface area (Å²) in [7, 11) is -4.15. The maximum absolute atomic E-state index is 13.3. The molecule has 10 nitrogen and oxygen atoms in total. The Bertz CT molecular complexity index is 1200. The Kier molecular flexibility index (Phi) is 5.66. The maximum atomic E-state index is 13.3. The molecule has 4 rings (SSSR count). The molecule has 2 aliphatic heterocycles. The van der Waals surface area contributed by atoms with Crippen LogP contribution in [0.25, 0.3) is 0 Å². The first-order valence-corrected chi connectivity index (χ1v) is 11.5. The zero-order chi connectivity index (χ0) is 23.9. The van der Waals surface area contributed by atoms with Crippen molar-refractivity contribution in [3.05, 3.63) is 58.7 Å². The van der Waals surface area contributed by atoms with Gasteiger partial charge in [0, 0.05) is 24.0 Å². The van der Waals surface area contributed by atoms with Gasteiger partial charge in [-0.15, -0.1) is 0 Å². The minimum absolute atomic E-state index is 0.0427. The van der Waals surface area contributed by atoms with E-state index in [1.807, 2.05) is 0 Å². The lowest BCUT2D eigenvalue weighted by atomic mass is 10.1. The van der Waals surface area contributed by atoms with Gasteiger partial charge in [-0.05, 0) is 36.4 Å². The molecule has 2 aromatic rings. The van der Waals surface area contributed by atoms with Crippen LogP contribution in [0.3, 0.4) is 0 Å². The topological polar surface area (TPSA) is 139 Å². The average Bonchev–Trinajstić information content (AvgIpc) is 3.28. The van der Waals surface area contributed by atoms with Crippen LogP contribution < -0.4 is 0 Å². The summed E-state index contributed by atoms with van der Waals surface area (Å²) in [4.78, 5) is 47.0. The molecule has 0 N–H and O–H groups in total. The first-order valence-electron chi connectivity index (χ1n) is 9.99. The fraction of sp³-hybridized carbons (Fsp3) is 0.273. The van der Waals surface area contributed by atoms with Crippen LogP contribution in [-0.2, 0) is 38.4 Å². The van der Waals surface area contributed by atoms with Crippen molar-refractivity contribution >= 4 is 33.7 Å². The molecule has 0 radical (unpaired) electrons. The minimum Gasteiger partial charge on any atom is -0.421 e. The van der Waals surface area contributed by atoms with Gasteiger partial charge >= 0.3 is 23.9 Å². The number of carbonyl (C=O) groups is 4. The normalized spacial score (nSPS) is 18.7. The first kappa shape index (κ1) is 22.5. The molecule has 0 amide bonds. The summed E-state index contributed by atoms with van der Waals surface area (Å²) >= 11 is 0. The molecule has 33 heavy (non-hydrogen) atoms. The Hall–Kier alpha value is -3.73. The zero-order valence-corrected chi connectivity index (χ0v) is 18.3. The molecule has 0 fully saturated rings. The van der Waals surface area contributed by atoms with Gasteiger partial charge in [-0.25, -0.2) is 18.0 Å². The third-order valence-corrected chi connectivity index (χ3v) is 6.85. The van der Waals surface area contributed by atoms with Gasteiger partial charge in [0.1, 0.15) is 0 Å². The van der Waals surface area contributed by atoms with Gasteiger partial charge in [-0.2, -0.15) is 0 Å². The molecular formula is C22H18O10S. The van der Waals surface area contributed by atoms with Crippen LogP contribution in [0, 0.1) is 0 Å². The Balaban J connectivity index is 1.72. The molecule has 0 aliphatic carbocycles. The number of hydrogen-bond donors (Lipinski definition) is 0. The molecule has 2 aromatic carbocycles. The van der Waals surface area contributed by atoms with Crippen LogP contribution in [0.4, 0.5) is 0 Å². The summed E-state index contributed by atoms with van der Waals surface area (Å²) in [6.45, 7) is 3.13. The molecule has 0 aromatic heterocycles. The molecular weight excluding hydrogens is 456 g/mol. The summed E-state index contributed by atoms with van der Waals surface area (Å²) < 4.78 is 46.8. The van der Waals surface area contributed by atoms with Gasteiger partial charge in [-0.1, -0.05) is 13.8 Å². The van der Waals surface area contributed by atoms with E-state index in [0.29, 0.717) is 0 Å². The number of benzene rings is 2. The van der Waals surface area contributed by atoms with Gasteiger partial charge in [0.2, 0.25) is 9.84 Å². The molecule has 2 unspecified atom stereocenters. The highest BCUT2D eigenvalue weighted by atomic mass is 32.2. The smallest absolute Gasteiger partial charge is 0.342 e. The Morgan fingerprint density at radius 1 is 0.788 bits per heavy atom. The van der Waals surface area contributed by atoms with Crippen molar-refractivity contribution in [1.82, 2.24) is 0 Å². The summed E-state index contributed by atoms with van der Waals surface area (Å²) in [6, 6.07) is 7.40. The fourth-order valence-corrected chi connectivity index (χ4v) is 4.67. The Labute approximate surface area is 188 Å². The second kappa shape index (κ2) is 8.32. The van der Waals surface area contributed by atoms with Gasteiger partial charge in [0.15, 0.2) is 0 Å². The van der Waals surface area contributed by atoms with Crippen LogP contribution in [-0.4, -0.2) is 32.3 Å². The van der Waals surface area contributed by atoms with Gasteiger partial charge in [-0.3, -0.25) is 9.59 Å². The molecule has 0 saturated carbocycles. The van der Waals surface area contributed by atoms with Crippen LogP contribution >= 0.6 is 0 Å². The number of sulfone groups is 1. The van der Waals surface area contributed by atoms with Crippen molar-refractivity contribution in [2.75, 3.05) is 0 Å². The summed E-state index contributed by atoms with van der Waals surface area (Å²) in [5.41, 5.74) is 0.388. The van der Waals surface area contributed by atoms with E-state index in [1.54, 1.807) is 13.8 Å². The molecule has 0 spiro atoms. The number of cyclic esters (lactones) is 2. The highest BCUT2D eigenvalue weighted by molar-refractivity contribution is 7.91. The molecule has 0 saturated heterocycles. The summed E-state index contributed by atoms with van der Waals surface area (Å²) in [6.07, 6.45) is -2.61. The monoisotopic (exact) mass is 474 g/mol. The van der Waals surface area contributed by atoms with Gasteiger partial charge in [0.25, 0.3) is 12.6 Å². The van der Waals surface area contributed by atoms with Crippen molar-refractivity contribution in [1.29, 1.82) is 0 Å². The van der Waals surface area contributed by atoms with Crippen LogP contribution in [0.2, 0.25) is 0 Å². The van der Waals surface area contributed by atoms with E-state index >= 15 is 0 Å². The Morgan fingerprint density at radius 3 is 1.55 bits per heavy atom. The minimum atomic E-state index is -4.15. The van der Waals surface area contributed by atoms with E-state index < -0.39 is 46.3 Å². The van der Waals surface area contributed by atoms with E-state index in [2.05, 4.69) is 0 Å². The predicted octanol–water partition coefficient (Wildman–Crippen LogP) is 2.76. The van der Waals surface area contributed by atoms with E-state index in [4.69, 9.17) is 18.9 Å². The van der Waals surface area contributed by atoms with E-state index in [1.165, 1.54) is 36.4 Å². The van der Waals surface area contributed by atoms with E-state index in [0.717, 1.165) is 0 Å². The van der Waals surface area contributed by atoms with Crippen molar-refractivity contribution < 1.29 is 46.5 Å². The standard InChI is InChI=1S/C22H18O10S/c1-3-17(23)29-21-15-9-11(5-7-13(15)19(25)31-21)33(27,28)12-6-8-14-16(10-12)22(32-20(14)26)30-18(24)4-2/h5-10,21-22H,3-4H2,1-2H3. The van der Waals surface area contributed by atoms with Crippen molar-refractivity contribution in [3.8, 4) is 0 Å². The summed E-state index contributed by atoms with van der Waals surface area (Å²) in [5.74, 6) is -2.72. The third-order valence-electron chi connectivity index (χ3n) is 5.10. The molecule has 2 heterocycles. The lowest BCUT2D eigenvalue weighted by molar-refractivity contribution is -0.168. The molecule has 11 heteroatoms.